The van der Waals surface area contributed by atoms with Crippen molar-refractivity contribution in [1.29, 1.82) is 0 Å². The highest BCUT2D eigenvalue weighted by Gasteiger charge is 2.43. The first-order valence-electron chi connectivity index (χ1n) is 11.5. The summed E-state index contributed by atoms with van der Waals surface area (Å²) in [5, 5.41) is 23.0. The van der Waals surface area contributed by atoms with Crippen LogP contribution in [0.25, 0.3) is 11.4 Å². The largest absolute Gasteiger partial charge is 0.481 e. The normalized spacial score (nSPS) is 15.9. The third-order valence-electron chi connectivity index (χ3n) is 5.67. The molecule has 0 spiro atoms. The SMILES string of the molecule is CSC1N=C(C(CCC(N)=O)C(=O)O)C([N+](=O)[O-])=C(Oc2cc(CC(=O)N(C)C)cc(-c3ncc[nH]3)c2)N1N. The number of aromatic nitrogens is 2. The highest BCUT2D eigenvalue weighted by atomic mass is 32.2. The van der Waals surface area contributed by atoms with Crippen LogP contribution in [0.5, 0.6) is 5.75 Å². The predicted molar refractivity (Wildman–Crippen MR) is 141 cm³/mol. The molecule has 208 valence electrons. The molecule has 0 saturated heterocycles. The summed E-state index contributed by atoms with van der Waals surface area (Å²) in [4.78, 5) is 60.0. The van der Waals surface area contributed by atoms with Gasteiger partial charge in [0, 0.05) is 38.5 Å². The fraction of sp³-hybridized carbons (Fsp3) is 0.348. The van der Waals surface area contributed by atoms with E-state index in [2.05, 4.69) is 15.0 Å². The summed E-state index contributed by atoms with van der Waals surface area (Å²) >= 11 is 1.08. The smallest absolute Gasteiger partial charge is 0.352 e. The Morgan fingerprint density at radius 3 is 2.59 bits per heavy atom. The maximum atomic E-state index is 12.4. The van der Waals surface area contributed by atoms with E-state index in [4.69, 9.17) is 16.3 Å². The summed E-state index contributed by atoms with van der Waals surface area (Å²) in [5.41, 5.74) is 4.09. The summed E-state index contributed by atoms with van der Waals surface area (Å²) in [6, 6.07) is 4.79. The van der Waals surface area contributed by atoms with Crippen LogP contribution in [0.4, 0.5) is 0 Å². The number of benzene rings is 1. The van der Waals surface area contributed by atoms with Crippen LogP contribution in [0.15, 0.2) is 47.2 Å². The van der Waals surface area contributed by atoms with Crippen LogP contribution in [0.2, 0.25) is 0 Å². The van der Waals surface area contributed by atoms with Gasteiger partial charge in [-0.1, -0.05) is 0 Å². The number of primary amides is 1. The number of carboxylic acids is 1. The highest BCUT2D eigenvalue weighted by molar-refractivity contribution is 7.99. The van der Waals surface area contributed by atoms with Crippen molar-refractivity contribution in [2.45, 2.75) is 24.8 Å². The lowest BCUT2D eigenvalue weighted by Gasteiger charge is -2.31. The minimum atomic E-state index is -1.53. The van der Waals surface area contributed by atoms with E-state index >= 15 is 0 Å². The van der Waals surface area contributed by atoms with Gasteiger partial charge < -0.3 is 25.5 Å². The van der Waals surface area contributed by atoms with Gasteiger partial charge >= 0.3 is 11.7 Å². The van der Waals surface area contributed by atoms with Gasteiger partial charge in [-0.15, -0.1) is 11.8 Å². The number of hydrazine groups is 1. The number of allylic oxidation sites excluding steroid dienone is 1. The number of ether oxygens (including phenoxy) is 1. The van der Waals surface area contributed by atoms with Crippen LogP contribution in [-0.2, 0) is 20.8 Å². The molecule has 15 nitrogen and oxygen atoms in total. The van der Waals surface area contributed by atoms with Crippen molar-refractivity contribution in [3.05, 3.63) is 57.9 Å². The van der Waals surface area contributed by atoms with Gasteiger partial charge in [-0.05, 0) is 36.4 Å². The van der Waals surface area contributed by atoms with E-state index in [9.17, 15) is 29.6 Å². The lowest BCUT2D eigenvalue weighted by Crippen LogP contribution is -2.47. The summed E-state index contributed by atoms with van der Waals surface area (Å²) in [7, 11) is 3.22. The Morgan fingerprint density at radius 2 is 2.05 bits per heavy atom. The van der Waals surface area contributed by atoms with Crippen LogP contribution < -0.4 is 16.3 Å². The molecule has 0 radical (unpaired) electrons. The van der Waals surface area contributed by atoms with Crippen molar-refractivity contribution in [1.82, 2.24) is 19.9 Å². The lowest BCUT2D eigenvalue weighted by molar-refractivity contribution is -0.420. The van der Waals surface area contributed by atoms with Crippen LogP contribution in [0.3, 0.4) is 0 Å². The molecule has 1 aromatic heterocycles. The Hall–Kier alpha value is -4.44. The number of aliphatic carboxylic acids is 1. The number of carbonyl (C=O) groups is 3. The summed E-state index contributed by atoms with van der Waals surface area (Å²) < 4.78 is 5.97. The van der Waals surface area contributed by atoms with E-state index in [-0.39, 0.29) is 30.9 Å². The predicted octanol–water partition coefficient (Wildman–Crippen LogP) is 0.775. The maximum absolute atomic E-state index is 12.4. The molecule has 2 heterocycles. The van der Waals surface area contributed by atoms with Gasteiger partial charge in [0.15, 0.2) is 5.50 Å². The monoisotopic (exact) mass is 560 g/mol. The number of nitro groups is 1. The second-order valence-corrected chi connectivity index (χ2v) is 9.55. The molecule has 3 rings (SSSR count). The first-order chi connectivity index (χ1) is 18.4. The molecule has 2 atom stereocenters. The number of carboxylic acid groups (broad SMARTS) is 1. The second-order valence-electron chi connectivity index (χ2n) is 8.66. The maximum Gasteiger partial charge on any atom is 0.352 e. The zero-order chi connectivity index (χ0) is 28.9. The average Bonchev–Trinajstić information content (AvgIpc) is 3.40. The topological polar surface area (TPSA) is 223 Å². The van der Waals surface area contributed by atoms with Gasteiger partial charge in [0.1, 0.15) is 23.2 Å². The van der Waals surface area contributed by atoms with E-state index in [0.29, 0.717) is 17.0 Å². The zero-order valence-corrected chi connectivity index (χ0v) is 22.2. The van der Waals surface area contributed by atoms with Crippen molar-refractivity contribution in [3.63, 3.8) is 0 Å². The molecule has 0 fully saturated rings. The van der Waals surface area contributed by atoms with Crippen molar-refractivity contribution in [2.24, 2.45) is 22.5 Å². The molecule has 2 unspecified atom stereocenters. The van der Waals surface area contributed by atoms with Gasteiger partial charge in [-0.3, -0.25) is 24.5 Å². The number of nitrogens with zero attached hydrogens (tertiary/aromatic N) is 5. The van der Waals surface area contributed by atoms with Crippen LogP contribution >= 0.6 is 11.8 Å². The Kier molecular flexibility index (Phi) is 9.26. The molecule has 1 aliphatic rings. The Balaban J connectivity index is 2.15. The van der Waals surface area contributed by atoms with Crippen LogP contribution in [0, 0.1) is 16.0 Å². The van der Waals surface area contributed by atoms with Gasteiger partial charge in [-0.2, -0.15) is 0 Å². The molecule has 0 saturated carbocycles. The summed E-state index contributed by atoms with van der Waals surface area (Å²) in [6.45, 7) is 0. The van der Waals surface area contributed by atoms with Gasteiger partial charge in [0.25, 0.3) is 5.88 Å². The van der Waals surface area contributed by atoms with Gasteiger partial charge in [-0.25, -0.2) is 20.8 Å². The minimum absolute atomic E-state index is 0.000258. The number of aliphatic imine (C=N–C) groups is 1. The second kappa shape index (κ2) is 12.4. The Labute approximate surface area is 227 Å². The fourth-order valence-corrected chi connectivity index (χ4v) is 4.30. The third-order valence-corrected chi connectivity index (χ3v) is 6.43. The molecule has 0 aliphatic carbocycles. The number of likely N-dealkylation sites (N-methyl/N-ethyl adjacent to an activating group) is 1. The van der Waals surface area contributed by atoms with Crippen molar-refractivity contribution < 1.29 is 29.2 Å². The number of rotatable bonds is 12. The van der Waals surface area contributed by atoms with Crippen LogP contribution in [-0.4, -0.2) is 79.3 Å². The number of amides is 2. The van der Waals surface area contributed by atoms with E-state index < -0.39 is 45.5 Å². The van der Waals surface area contributed by atoms with E-state index in [1.165, 1.54) is 17.2 Å². The van der Waals surface area contributed by atoms with Crippen molar-refractivity contribution in [3.8, 4) is 17.1 Å². The van der Waals surface area contributed by atoms with Crippen molar-refractivity contribution in [2.75, 3.05) is 20.4 Å². The Bertz CT molecular complexity index is 1330. The Morgan fingerprint density at radius 1 is 1.33 bits per heavy atom. The zero-order valence-electron chi connectivity index (χ0n) is 21.4. The number of hydrogen-bond acceptors (Lipinski definition) is 11. The van der Waals surface area contributed by atoms with Gasteiger partial charge in [0.2, 0.25) is 11.8 Å². The number of thioether (sulfide) groups is 1. The standard InChI is InChI=1S/C23H28N8O7S/c1-29(2)17(33)10-12-8-13(20-26-6-7-27-20)11-14(9-12)38-21-19(31(36)37)18(28-23(39-3)30(21)25)15(22(34)35)4-5-16(24)32/h6-9,11,15,23H,4-5,10,25H2,1-3H3,(H2,24,32)(H,26,27)(H,34,35). The lowest BCUT2D eigenvalue weighted by atomic mass is 9.94. The molecule has 16 heteroatoms. The number of H-pyrrole nitrogens is 1. The quantitative estimate of drug-likeness (QED) is 0.161. The molecule has 39 heavy (non-hydrogen) atoms. The molecule has 2 aromatic rings. The molecule has 1 aromatic carbocycles. The van der Waals surface area contributed by atoms with E-state index in [1.54, 1.807) is 38.7 Å². The van der Waals surface area contributed by atoms with Gasteiger partial charge in [0.05, 0.1) is 11.3 Å². The number of aromatic amines is 1. The molecular weight excluding hydrogens is 532 g/mol. The van der Waals surface area contributed by atoms with E-state index in [0.717, 1.165) is 16.8 Å². The number of hydrogen-bond donors (Lipinski definition) is 4. The molecule has 1 aliphatic heterocycles. The van der Waals surface area contributed by atoms with Crippen molar-refractivity contribution >= 4 is 35.3 Å². The van der Waals surface area contributed by atoms with Crippen LogP contribution in [0.1, 0.15) is 18.4 Å². The summed E-state index contributed by atoms with van der Waals surface area (Å²) in [6.07, 6.45) is 4.12. The molecular formula is C23H28N8O7S. The molecule has 2 amide bonds. The minimum Gasteiger partial charge on any atom is -0.481 e. The van der Waals surface area contributed by atoms with E-state index in [1.807, 2.05) is 0 Å². The first kappa shape index (κ1) is 29.1. The fourth-order valence-electron chi connectivity index (χ4n) is 3.76. The first-order valence-corrected chi connectivity index (χ1v) is 12.8. The summed E-state index contributed by atoms with van der Waals surface area (Å²) in [5.74, 6) is 2.34. The number of carbonyl (C=O) groups excluding carboxylic acids is 2. The number of imidazole rings is 1. The molecule has 0 bridgehead atoms. The molecule has 6 N–H and O–H groups in total. The highest BCUT2D eigenvalue weighted by Crippen LogP contribution is 2.33. The number of nitrogens with two attached hydrogens (primary N) is 2. The number of nitrogens with one attached hydrogen (secondary N) is 1. The third kappa shape index (κ3) is 6.91. The average molecular weight is 561 g/mol.